The third-order valence-corrected chi connectivity index (χ3v) is 11.6. The third kappa shape index (κ3) is 4.67. The second-order valence-corrected chi connectivity index (χ2v) is 14.3. The number of benzene rings is 7. The van der Waals surface area contributed by atoms with Gasteiger partial charge in [-0.3, -0.25) is 0 Å². The molecule has 1 aliphatic carbocycles. The molecule has 8 aromatic rings. The number of hydrogen-bond acceptors (Lipinski definition) is 4. The van der Waals surface area contributed by atoms with Gasteiger partial charge < -0.3 is 0 Å². The summed E-state index contributed by atoms with van der Waals surface area (Å²) in [6.45, 7) is 0. The van der Waals surface area contributed by atoms with Crippen LogP contribution in [0.25, 0.3) is 56.2 Å². The zero-order valence-electron chi connectivity index (χ0n) is 28.0. The molecule has 4 heteroatoms. The van der Waals surface area contributed by atoms with Crippen LogP contribution in [0.2, 0.25) is 0 Å². The van der Waals surface area contributed by atoms with Crippen LogP contribution in [0.3, 0.4) is 0 Å². The number of nitriles is 1. The zero-order valence-corrected chi connectivity index (χ0v) is 28.8. The van der Waals surface area contributed by atoms with Gasteiger partial charge in [0.05, 0.1) is 28.4 Å². The van der Waals surface area contributed by atoms with Gasteiger partial charge in [-0.05, 0) is 87.0 Å². The standard InChI is InChI=1S/C48H29N3S/c49-30-31-19-21-32(22-20-31)35-23-25-38-37-15-7-8-16-39(37)48(41(38)27-35)40-17-9-10-18-45(40)52-46-26-24-36(28-42(46)48)44-29-43(33-11-3-1-4-12-33)50-47(51-44)34-13-5-2-6-14-34/h1-29H. The molecular weight excluding hydrogens is 651 g/mol. The Kier molecular flexibility index (Phi) is 7.02. The largest absolute Gasteiger partial charge is 0.228 e. The number of nitrogens with zero attached hydrogens (tertiary/aromatic N) is 3. The van der Waals surface area contributed by atoms with Crippen LogP contribution >= 0.6 is 11.8 Å². The Morgan fingerprint density at radius 3 is 1.77 bits per heavy atom. The van der Waals surface area contributed by atoms with E-state index in [-0.39, 0.29) is 0 Å². The molecule has 0 saturated heterocycles. The first-order valence-electron chi connectivity index (χ1n) is 17.4. The molecule has 1 aromatic heterocycles. The summed E-state index contributed by atoms with van der Waals surface area (Å²) in [6.07, 6.45) is 0. The van der Waals surface area contributed by atoms with E-state index >= 15 is 0 Å². The molecule has 0 fully saturated rings. The molecular formula is C48H29N3S. The molecule has 7 aromatic carbocycles. The monoisotopic (exact) mass is 679 g/mol. The molecule has 242 valence electrons. The maximum atomic E-state index is 9.47. The fourth-order valence-corrected chi connectivity index (χ4v) is 9.22. The predicted molar refractivity (Wildman–Crippen MR) is 210 cm³/mol. The van der Waals surface area contributed by atoms with Crippen molar-refractivity contribution < 1.29 is 0 Å². The first kappa shape index (κ1) is 30.3. The van der Waals surface area contributed by atoms with Crippen molar-refractivity contribution in [2.24, 2.45) is 0 Å². The van der Waals surface area contributed by atoms with Gasteiger partial charge >= 0.3 is 0 Å². The average molecular weight is 680 g/mol. The minimum absolute atomic E-state index is 0.556. The quantitative estimate of drug-likeness (QED) is 0.186. The van der Waals surface area contributed by atoms with Crippen LogP contribution in [-0.2, 0) is 5.41 Å². The summed E-state index contributed by atoms with van der Waals surface area (Å²) in [5, 5.41) is 9.47. The Bertz CT molecular complexity index is 2660. The van der Waals surface area contributed by atoms with Crippen LogP contribution in [-0.4, -0.2) is 9.97 Å². The lowest BCUT2D eigenvalue weighted by atomic mass is 9.66. The number of aromatic nitrogens is 2. The summed E-state index contributed by atoms with van der Waals surface area (Å²) in [7, 11) is 0. The van der Waals surface area contributed by atoms with Gasteiger partial charge in [-0.25, -0.2) is 9.97 Å². The van der Waals surface area contributed by atoms with E-state index in [1.165, 1.54) is 43.2 Å². The highest BCUT2D eigenvalue weighted by Gasteiger charge is 2.50. The van der Waals surface area contributed by atoms with Crippen molar-refractivity contribution in [3.8, 4) is 62.2 Å². The first-order chi connectivity index (χ1) is 25.7. The minimum Gasteiger partial charge on any atom is -0.228 e. The molecule has 0 saturated carbocycles. The molecule has 0 amide bonds. The normalized spacial score (nSPS) is 14.9. The van der Waals surface area contributed by atoms with E-state index in [1.54, 1.807) is 0 Å². The Hall–Kier alpha value is -6.54. The summed E-state index contributed by atoms with van der Waals surface area (Å²) in [5.74, 6) is 0.702. The van der Waals surface area contributed by atoms with Gasteiger partial charge in [0.1, 0.15) is 0 Å². The van der Waals surface area contributed by atoms with Crippen molar-refractivity contribution in [1.29, 1.82) is 5.26 Å². The molecule has 10 rings (SSSR count). The van der Waals surface area contributed by atoms with Crippen LogP contribution in [0.4, 0.5) is 0 Å². The smallest absolute Gasteiger partial charge is 0.160 e. The van der Waals surface area contributed by atoms with Gasteiger partial charge in [0.2, 0.25) is 0 Å². The summed E-state index contributed by atoms with van der Waals surface area (Å²) in [4.78, 5) is 12.8. The fourth-order valence-electron chi connectivity index (χ4n) is 8.05. The summed E-state index contributed by atoms with van der Waals surface area (Å²) < 4.78 is 0. The Balaban J connectivity index is 1.24. The number of fused-ring (bicyclic) bond motifs is 9. The number of rotatable bonds is 4. The van der Waals surface area contributed by atoms with E-state index in [4.69, 9.17) is 9.97 Å². The topological polar surface area (TPSA) is 49.6 Å². The van der Waals surface area contributed by atoms with Gasteiger partial charge in [0.15, 0.2) is 5.82 Å². The van der Waals surface area contributed by atoms with Gasteiger partial charge in [0, 0.05) is 26.5 Å². The molecule has 52 heavy (non-hydrogen) atoms. The average Bonchev–Trinajstić information content (AvgIpc) is 3.51. The zero-order chi connectivity index (χ0) is 34.6. The molecule has 3 nitrogen and oxygen atoms in total. The second-order valence-electron chi connectivity index (χ2n) is 13.2. The van der Waals surface area contributed by atoms with Gasteiger partial charge in [-0.2, -0.15) is 5.26 Å². The lowest BCUT2D eigenvalue weighted by Crippen LogP contribution is -2.32. The lowest BCUT2D eigenvalue weighted by molar-refractivity contribution is 0.723. The van der Waals surface area contributed by atoms with Gasteiger partial charge in [0.25, 0.3) is 0 Å². The van der Waals surface area contributed by atoms with E-state index in [0.29, 0.717) is 11.4 Å². The van der Waals surface area contributed by atoms with E-state index in [9.17, 15) is 5.26 Å². The first-order valence-corrected chi connectivity index (χ1v) is 18.2. The molecule has 1 spiro atoms. The molecule has 0 N–H and O–H groups in total. The summed E-state index contributed by atoms with van der Waals surface area (Å²) in [6, 6.07) is 64.4. The maximum absolute atomic E-state index is 9.47. The van der Waals surface area contributed by atoms with Crippen molar-refractivity contribution >= 4 is 11.8 Å². The van der Waals surface area contributed by atoms with Gasteiger partial charge in [-0.15, -0.1) is 0 Å². The SMILES string of the molecule is N#Cc1ccc(-c2ccc3c(c2)C2(c4ccccc4Sc4ccc(-c5cc(-c6ccccc6)nc(-c6ccccc6)n5)cc42)c2ccccc2-3)cc1. The third-order valence-electron chi connectivity index (χ3n) is 10.4. The van der Waals surface area contributed by atoms with E-state index in [0.717, 1.165) is 39.2 Å². The number of hydrogen-bond donors (Lipinski definition) is 0. The van der Waals surface area contributed by atoms with Crippen molar-refractivity contribution in [3.63, 3.8) is 0 Å². The highest BCUT2D eigenvalue weighted by atomic mass is 32.2. The molecule has 0 bridgehead atoms. The van der Waals surface area contributed by atoms with E-state index < -0.39 is 5.41 Å². The van der Waals surface area contributed by atoms with Crippen LogP contribution < -0.4 is 0 Å². The van der Waals surface area contributed by atoms with Crippen LogP contribution in [0.5, 0.6) is 0 Å². The van der Waals surface area contributed by atoms with E-state index in [2.05, 4.69) is 146 Å². The lowest BCUT2D eigenvalue weighted by Gasteiger charge is -2.40. The fraction of sp³-hybridized carbons (Fsp3) is 0.0208. The van der Waals surface area contributed by atoms with E-state index in [1.807, 2.05) is 48.2 Å². The highest BCUT2D eigenvalue weighted by molar-refractivity contribution is 7.99. The maximum Gasteiger partial charge on any atom is 0.160 e. The van der Waals surface area contributed by atoms with Crippen LogP contribution in [0.15, 0.2) is 186 Å². The molecule has 0 radical (unpaired) electrons. The Labute approximate surface area is 307 Å². The minimum atomic E-state index is -0.556. The highest BCUT2D eigenvalue weighted by Crippen LogP contribution is 2.62. The second kappa shape index (κ2) is 12.1. The molecule has 1 atom stereocenters. The predicted octanol–water partition coefficient (Wildman–Crippen LogP) is 11.8. The molecule has 1 aliphatic heterocycles. The van der Waals surface area contributed by atoms with Crippen molar-refractivity contribution in [3.05, 3.63) is 204 Å². The van der Waals surface area contributed by atoms with Crippen LogP contribution in [0.1, 0.15) is 27.8 Å². The molecule has 2 aliphatic rings. The summed E-state index contributed by atoms with van der Waals surface area (Å²) in [5.41, 5.74) is 14.7. The summed E-state index contributed by atoms with van der Waals surface area (Å²) >= 11 is 1.84. The van der Waals surface area contributed by atoms with Crippen molar-refractivity contribution in [2.75, 3.05) is 0 Å². The van der Waals surface area contributed by atoms with Crippen LogP contribution in [0, 0.1) is 11.3 Å². The van der Waals surface area contributed by atoms with Crippen molar-refractivity contribution in [2.45, 2.75) is 15.2 Å². The Morgan fingerprint density at radius 1 is 0.423 bits per heavy atom. The van der Waals surface area contributed by atoms with Gasteiger partial charge in [-0.1, -0.05) is 145 Å². The molecule has 1 unspecified atom stereocenters. The Morgan fingerprint density at radius 2 is 1.00 bits per heavy atom. The molecule has 2 heterocycles. The van der Waals surface area contributed by atoms with Crippen molar-refractivity contribution in [1.82, 2.24) is 9.97 Å².